The number of thiol groups is 2. The first-order valence-electron chi connectivity index (χ1n) is 11.5. The van der Waals surface area contributed by atoms with Crippen LogP contribution in [0.15, 0.2) is 77.8 Å². The van der Waals surface area contributed by atoms with Gasteiger partial charge in [0, 0.05) is 57.9 Å². The van der Waals surface area contributed by atoms with E-state index < -0.39 is 0 Å². The number of piperazine rings is 1. The molecular formula is C27H30N4O2S2. The molecule has 4 rings (SSSR count). The second-order valence-corrected chi connectivity index (χ2v) is 9.93. The summed E-state index contributed by atoms with van der Waals surface area (Å²) >= 11 is 8.78. The molecule has 1 saturated heterocycles. The summed E-state index contributed by atoms with van der Waals surface area (Å²) in [5.74, 6) is 0.137. The predicted molar refractivity (Wildman–Crippen MR) is 151 cm³/mol. The van der Waals surface area contributed by atoms with Crippen LogP contribution in [0.1, 0.15) is 15.9 Å². The van der Waals surface area contributed by atoms with E-state index in [9.17, 15) is 4.79 Å². The minimum absolute atomic E-state index is 0.0271. The van der Waals surface area contributed by atoms with E-state index in [0.717, 1.165) is 48.8 Å². The van der Waals surface area contributed by atoms with Crippen molar-refractivity contribution >= 4 is 54.5 Å². The Kier molecular flexibility index (Phi) is 8.38. The summed E-state index contributed by atoms with van der Waals surface area (Å²) in [6.45, 7) is 3.65. The zero-order valence-electron chi connectivity index (χ0n) is 19.9. The molecule has 0 aromatic heterocycles. The molecule has 6 nitrogen and oxygen atoms in total. The summed E-state index contributed by atoms with van der Waals surface area (Å²) in [5.41, 5.74) is 4.51. The van der Waals surface area contributed by atoms with Crippen LogP contribution in [0.25, 0.3) is 0 Å². The first kappa shape index (κ1) is 25.2. The van der Waals surface area contributed by atoms with Gasteiger partial charge < -0.3 is 14.5 Å². The molecule has 35 heavy (non-hydrogen) atoms. The number of hydrogen-bond donors (Lipinski definition) is 2. The summed E-state index contributed by atoms with van der Waals surface area (Å²) in [7, 11) is 4.01. The smallest absolute Gasteiger partial charge is 0.343 e. The Morgan fingerprint density at radius 1 is 0.914 bits per heavy atom. The first-order chi connectivity index (χ1) is 16.9. The Morgan fingerprint density at radius 3 is 2.11 bits per heavy atom. The van der Waals surface area contributed by atoms with E-state index in [1.54, 1.807) is 18.3 Å². The Balaban J connectivity index is 1.31. The highest BCUT2D eigenvalue weighted by atomic mass is 32.2. The standard InChI is InChI=1S/C27H30N4O2S2/c1-29(2)23-9-7-22(8-10-23)28-19-20-3-5-21(6-4-20)26(32)33-25-13-11-24(12-14-25)30-15-17-31(18-16-30)27(34)35/h3-14,19,27,34-35H,15-18H2,1-2H3. The molecule has 3 aromatic carbocycles. The Labute approximate surface area is 218 Å². The molecule has 0 spiro atoms. The molecule has 1 fully saturated rings. The molecule has 0 N–H and O–H groups in total. The Hall–Kier alpha value is -2.94. The normalized spacial score (nSPS) is 14.5. The highest BCUT2D eigenvalue weighted by Crippen LogP contribution is 2.23. The fourth-order valence-electron chi connectivity index (χ4n) is 3.79. The van der Waals surface area contributed by atoms with Crippen LogP contribution in [-0.4, -0.2) is 62.1 Å². The van der Waals surface area contributed by atoms with E-state index in [2.05, 4.69) is 40.0 Å². The van der Waals surface area contributed by atoms with Crippen molar-refractivity contribution in [1.82, 2.24) is 4.90 Å². The average Bonchev–Trinajstić information content (AvgIpc) is 2.88. The second-order valence-electron chi connectivity index (χ2n) is 8.54. The van der Waals surface area contributed by atoms with Gasteiger partial charge in [0.05, 0.1) is 16.0 Å². The van der Waals surface area contributed by atoms with Gasteiger partial charge in [-0.3, -0.25) is 9.89 Å². The molecule has 0 bridgehead atoms. The average molecular weight is 507 g/mol. The summed E-state index contributed by atoms with van der Waals surface area (Å²) in [6.07, 6.45) is 1.78. The van der Waals surface area contributed by atoms with Gasteiger partial charge >= 0.3 is 5.97 Å². The minimum Gasteiger partial charge on any atom is -0.423 e. The molecule has 0 saturated carbocycles. The molecule has 0 unspecified atom stereocenters. The number of benzene rings is 3. The summed E-state index contributed by atoms with van der Waals surface area (Å²) < 4.78 is 5.54. The number of anilines is 2. The molecular weight excluding hydrogens is 476 g/mol. The van der Waals surface area contributed by atoms with Crippen LogP contribution >= 0.6 is 25.3 Å². The fraction of sp³-hybridized carbons (Fsp3) is 0.259. The molecule has 1 aliphatic heterocycles. The van der Waals surface area contributed by atoms with Crippen molar-refractivity contribution in [2.24, 2.45) is 4.99 Å². The van der Waals surface area contributed by atoms with Crippen molar-refractivity contribution in [1.29, 1.82) is 0 Å². The Bertz CT molecular complexity index is 1140. The SMILES string of the molecule is CN(C)c1ccc(N=Cc2ccc(C(=O)Oc3ccc(N4CCN(C(S)S)CC4)cc3)cc2)cc1. The van der Waals surface area contributed by atoms with Gasteiger partial charge in [0.25, 0.3) is 0 Å². The lowest BCUT2D eigenvalue weighted by molar-refractivity contribution is 0.0735. The van der Waals surface area contributed by atoms with Crippen molar-refractivity contribution in [3.63, 3.8) is 0 Å². The van der Waals surface area contributed by atoms with Gasteiger partial charge in [-0.2, -0.15) is 0 Å². The van der Waals surface area contributed by atoms with Gasteiger partial charge in [0.2, 0.25) is 0 Å². The van der Waals surface area contributed by atoms with E-state index in [4.69, 9.17) is 4.74 Å². The summed E-state index contributed by atoms with van der Waals surface area (Å²) in [6, 6.07) is 22.9. The lowest BCUT2D eigenvalue weighted by atomic mass is 10.1. The molecule has 1 heterocycles. The van der Waals surface area contributed by atoms with E-state index in [1.807, 2.05) is 79.7 Å². The minimum atomic E-state index is -0.386. The topological polar surface area (TPSA) is 48.4 Å². The van der Waals surface area contributed by atoms with Crippen molar-refractivity contribution in [2.75, 3.05) is 50.1 Å². The van der Waals surface area contributed by atoms with Gasteiger partial charge in [0.1, 0.15) is 5.75 Å². The lowest BCUT2D eigenvalue weighted by Gasteiger charge is -2.37. The number of carbonyl (C=O) groups is 1. The van der Waals surface area contributed by atoms with Crippen molar-refractivity contribution in [2.45, 2.75) is 4.71 Å². The van der Waals surface area contributed by atoms with Gasteiger partial charge in [-0.1, -0.05) is 12.1 Å². The van der Waals surface area contributed by atoms with Crippen LogP contribution in [0, 0.1) is 0 Å². The highest BCUT2D eigenvalue weighted by Gasteiger charge is 2.20. The monoisotopic (exact) mass is 506 g/mol. The summed E-state index contributed by atoms with van der Waals surface area (Å²) in [4.78, 5) is 23.7. The van der Waals surface area contributed by atoms with E-state index in [0.29, 0.717) is 11.3 Å². The van der Waals surface area contributed by atoms with Gasteiger partial charge in [-0.15, -0.1) is 25.3 Å². The quantitative estimate of drug-likeness (QED) is 0.156. The number of esters is 1. The molecule has 0 aliphatic carbocycles. The van der Waals surface area contributed by atoms with Crippen LogP contribution < -0.4 is 14.5 Å². The molecule has 0 atom stereocenters. The molecule has 182 valence electrons. The van der Waals surface area contributed by atoms with E-state index >= 15 is 0 Å². The number of nitrogens with zero attached hydrogens (tertiary/aromatic N) is 4. The molecule has 3 aromatic rings. The molecule has 1 aliphatic rings. The number of ether oxygens (including phenoxy) is 1. The van der Waals surface area contributed by atoms with E-state index in [-0.39, 0.29) is 10.7 Å². The van der Waals surface area contributed by atoms with Gasteiger partial charge in [0.15, 0.2) is 0 Å². The second kappa shape index (κ2) is 11.7. The molecule has 0 amide bonds. The maximum atomic E-state index is 12.6. The van der Waals surface area contributed by atoms with Crippen LogP contribution in [-0.2, 0) is 0 Å². The zero-order valence-corrected chi connectivity index (χ0v) is 21.7. The van der Waals surface area contributed by atoms with Crippen LogP contribution in [0.3, 0.4) is 0 Å². The zero-order chi connectivity index (χ0) is 24.8. The van der Waals surface area contributed by atoms with Crippen molar-refractivity contribution in [3.05, 3.63) is 83.9 Å². The molecule has 0 radical (unpaired) electrons. The third-order valence-electron chi connectivity index (χ3n) is 5.93. The van der Waals surface area contributed by atoms with Gasteiger partial charge in [-0.05, 0) is 66.2 Å². The largest absolute Gasteiger partial charge is 0.423 e. The number of hydrogen-bond acceptors (Lipinski definition) is 8. The summed E-state index contributed by atoms with van der Waals surface area (Å²) in [5, 5.41) is 0. The number of rotatable bonds is 7. The molecule has 8 heteroatoms. The third-order valence-corrected chi connectivity index (χ3v) is 6.58. The van der Waals surface area contributed by atoms with Crippen LogP contribution in [0.5, 0.6) is 5.75 Å². The highest BCUT2D eigenvalue weighted by molar-refractivity contribution is 7.99. The maximum Gasteiger partial charge on any atom is 0.343 e. The first-order valence-corrected chi connectivity index (χ1v) is 12.5. The van der Waals surface area contributed by atoms with Crippen molar-refractivity contribution in [3.8, 4) is 5.75 Å². The van der Waals surface area contributed by atoms with Gasteiger partial charge in [-0.25, -0.2) is 4.79 Å². The van der Waals surface area contributed by atoms with E-state index in [1.165, 1.54) is 0 Å². The number of carbonyl (C=O) groups excluding carboxylic acids is 1. The van der Waals surface area contributed by atoms with Crippen LogP contribution in [0.2, 0.25) is 0 Å². The Morgan fingerprint density at radius 2 is 1.54 bits per heavy atom. The maximum absolute atomic E-state index is 12.6. The van der Waals surface area contributed by atoms with Crippen LogP contribution in [0.4, 0.5) is 17.1 Å². The fourth-order valence-corrected chi connectivity index (χ4v) is 4.26. The van der Waals surface area contributed by atoms with Crippen molar-refractivity contribution < 1.29 is 9.53 Å². The number of aliphatic imine (C=N–C) groups is 1. The third kappa shape index (κ3) is 6.81. The predicted octanol–water partition coefficient (Wildman–Crippen LogP) is 4.99. The lowest BCUT2D eigenvalue weighted by Crippen LogP contribution is -2.47.